The second kappa shape index (κ2) is 33.6. The van der Waals surface area contributed by atoms with Crippen LogP contribution in [0.5, 0.6) is 0 Å². The normalized spacial score (nSPS) is 22.7. The number of nitrogen functional groups attached to an aromatic ring is 1. The third kappa shape index (κ3) is 26.8. The maximum absolute atomic E-state index is 12.8. The number of ether oxygens (including phenoxy) is 4. The summed E-state index contributed by atoms with van der Waals surface area (Å²) in [5.41, 5.74) is 4.58. The van der Waals surface area contributed by atoms with Crippen LogP contribution in [0.4, 0.5) is 5.82 Å². The minimum Gasteiger partial charge on any atom is -0.462 e. The Labute approximate surface area is 408 Å². The fraction of sp³-hybridized carbons (Fsp3) is 0.750. The van der Waals surface area contributed by atoms with Gasteiger partial charge in [0.15, 0.2) is 12.3 Å². The van der Waals surface area contributed by atoms with E-state index >= 15 is 0 Å². The summed E-state index contributed by atoms with van der Waals surface area (Å²) in [6.07, 6.45) is 27.1. The first-order valence-corrected chi connectivity index (χ1v) is 28.0. The number of aromatic nitrogens is 2. The Bertz CT molecular complexity index is 1880. The van der Waals surface area contributed by atoms with E-state index in [1.165, 1.54) is 63.9 Å². The van der Waals surface area contributed by atoms with E-state index in [1.54, 1.807) is 0 Å². The summed E-state index contributed by atoms with van der Waals surface area (Å²) in [6.45, 7) is 4.34. The number of nitrogens with two attached hydrogens (primary N) is 1. The lowest BCUT2D eigenvalue weighted by molar-refractivity contribution is -0.161. The van der Waals surface area contributed by atoms with Crippen LogP contribution in [0.3, 0.4) is 0 Å². The molecule has 6 N–H and O–H groups in total. The molecule has 19 nitrogen and oxygen atoms in total. The fourth-order valence-corrected chi connectivity index (χ4v) is 9.64. The van der Waals surface area contributed by atoms with E-state index in [0.29, 0.717) is 25.4 Å². The third-order valence-electron chi connectivity index (χ3n) is 11.6. The van der Waals surface area contributed by atoms with Gasteiger partial charge in [-0.2, -0.15) is 9.29 Å². The highest BCUT2D eigenvalue weighted by atomic mass is 31.3. The number of unbranched alkanes of at least 4 members (excludes halogenated alkanes) is 13. The Morgan fingerprint density at radius 2 is 1.35 bits per heavy atom. The van der Waals surface area contributed by atoms with Crippen molar-refractivity contribution in [1.82, 2.24) is 9.55 Å². The van der Waals surface area contributed by atoms with Gasteiger partial charge in [-0.1, -0.05) is 134 Å². The highest BCUT2D eigenvalue weighted by Crippen LogP contribution is 2.60. The molecule has 0 aliphatic carbocycles. The lowest BCUT2D eigenvalue weighted by Crippen LogP contribution is -2.36. The van der Waals surface area contributed by atoms with E-state index in [4.69, 9.17) is 33.7 Å². The van der Waals surface area contributed by atoms with Crippen LogP contribution in [0.15, 0.2) is 53.5 Å². The first-order valence-electron chi connectivity index (χ1n) is 25.0. The summed E-state index contributed by atoms with van der Waals surface area (Å²) in [5, 5.41) is 20.9. The number of carbonyl (C=O) groups is 2. The number of rotatable bonds is 39. The predicted molar refractivity (Wildman–Crippen MR) is 260 cm³/mol. The van der Waals surface area contributed by atoms with Crippen molar-refractivity contribution in [3.63, 3.8) is 0 Å². The van der Waals surface area contributed by atoms with Crippen LogP contribution in [0, 0.1) is 5.92 Å². The Balaban J connectivity index is 1.42. The molecule has 69 heavy (non-hydrogen) atoms. The van der Waals surface area contributed by atoms with Crippen LogP contribution in [0.25, 0.3) is 0 Å². The van der Waals surface area contributed by atoms with Gasteiger partial charge in [0.25, 0.3) is 0 Å². The van der Waals surface area contributed by atoms with Crippen LogP contribution in [-0.2, 0) is 51.0 Å². The van der Waals surface area contributed by atoms with Gasteiger partial charge in [0.05, 0.1) is 25.4 Å². The van der Waals surface area contributed by atoms with Crippen molar-refractivity contribution in [2.75, 3.05) is 25.6 Å². The molecule has 2 aliphatic heterocycles. The molecule has 0 aromatic carbocycles. The molecule has 2 aliphatic rings. The molecule has 1 aromatic heterocycles. The average Bonchev–Trinajstić information content (AvgIpc) is 3.98. The maximum atomic E-state index is 12.8. The van der Waals surface area contributed by atoms with E-state index < -0.39 is 83.7 Å². The van der Waals surface area contributed by atoms with Gasteiger partial charge in [0.2, 0.25) is 0 Å². The van der Waals surface area contributed by atoms with Crippen molar-refractivity contribution >= 4 is 33.4 Å². The monoisotopic (exact) mass is 1020 g/mol. The Morgan fingerprint density at radius 1 is 0.754 bits per heavy atom. The highest BCUT2D eigenvalue weighted by molar-refractivity contribution is 7.61. The number of phosphoric ester groups is 2. The van der Waals surface area contributed by atoms with E-state index in [9.17, 15) is 43.5 Å². The Morgan fingerprint density at radius 3 is 2.01 bits per heavy atom. The standard InChI is InChI=1S/C48H81N3O16P2/c1-4-5-6-7-18-23-28-39-40(65-39)29-24-19-14-12-16-21-26-31-44(53)64-38(34-61-43(52)30-25-20-15-11-9-8-10-13-17-22-27-37(2)3)35-62-68(57,58)67-69(59,60)63-36-41-45(54)46(55)47(66-41)51-33-32-42(49)50-48(51)56/h12,16,18-19,23-24,32-33,37-41,45-47,54-55H,4-11,13-15,17,20-22,25-31,34-36H2,1-3H3,(H,57,58)(H,59,60)(H2,49,50,56)/b16-12-,23-18-,24-19-/t38-,39?,40?,41-,45-,46-,47-/m1/s1. The second-order valence-electron chi connectivity index (χ2n) is 18.2. The first-order chi connectivity index (χ1) is 33.0. The SMILES string of the molecule is CCCCC/C=C\CC1OC1C/C=C\C/C=C\CCCC(=O)O[C@H](COC(=O)CCCCCCCCCCCCC(C)C)COP(=O)(O)OP(=O)(O)OC[C@H]1O[C@@H](n2ccc(N)nc2=O)[C@H](O)[C@@H]1O. The number of esters is 2. The quantitative estimate of drug-likeness (QED) is 0.0135. The van der Waals surface area contributed by atoms with Crippen molar-refractivity contribution in [3.8, 4) is 0 Å². The van der Waals surface area contributed by atoms with Gasteiger partial charge in [0, 0.05) is 19.0 Å². The van der Waals surface area contributed by atoms with Crippen LogP contribution in [0.1, 0.15) is 168 Å². The second-order valence-corrected chi connectivity index (χ2v) is 21.2. The summed E-state index contributed by atoms with van der Waals surface area (Å²) in [6, 6.07) is 1.24. The fourth-order valence-electron chi connectivity index (χ4n) is 7.53. The number of hydrogen-bond donors (Lipinski definition) is 5. The van der Waals surface area contributed by atoms with Crippen molar-refractivity contribution < 1.29 is 71.0 Å². The lowest BCUT2D eigenvalue weighted by Gasteiger charge is -2.21. The molecule has 4 unspecified atom stereocenters. The Kier molecular flexibility index (Phi) is 29.3. The van der Waals surface area contributed by atoms with Crippen LogP contribution >= 0.6 is 15.6 Å². The first kappa shape index (κ1) is 60.2. The van der Waals surface area contributed by atoms with E-state index in [1.807, 2.05) is 12.2 Å². The van der Waals surface area contributed by atoms with E-state index in [-0.39, 0.29) is 24.8 Å². The topological polar surface area (TPSA) is 278 Å². The van der Waals surface area contributed by atoms with E-state index in [2.05, 4.69) is 54.4 Å². The molecule has 3 rings (SSSR count). The van der Waals surface area contributed by atoms with E-state index in [0.717, 1.165) is 68.0 Å². The minimum absolute atomic E-state index is 0.0305. The van der Waals surface area contributed by atoms with Gasteiger partial charge in [-0.15, -0.1) is 0 Å². The minimum atomic E-state index is -5.44. The molecule has 0 spiro atoms. The maximum Gasteiger partial charge on any atom is 0.481 e. The van der Waals surface area contributed by atoms with Gasteiger partial charge in [-0.25, -0.2) is 13.9 Å². The molecule has 1 aromatic rings. The van der Waals surface area contributed by atoms with Crippen LogP contribution in [0.2, 0.25) is 0 Å². The molecule has 0 amide bonds. The number of aliphatic hydroxyl groups is 2. The number of nitrogens with zero attached hydrogens (tertiary/aromatic N) is 2. The van der Waals surface area contributed by atoms with Gasteiger partial charge in [-0.05, 0) is 63.4 Å². The summed E-state index contributed by atoms with van der Waals surface area (Å²) in [7, 11) is -10.9. The number of anilines is 1. The van der Waals surface area contributed by atoms with Crippen molar-refractivity contribution in [2.45, 2.75) is 205 Å². The molecule has 2 saturated heterocycles. The molecule has 2 fully saturated rings. The highest BCUT2D eigenvalue weighted by Gasteiger charge is 2.46. The summed E-state index contributed by atoms with van der Waals surface area (Å²) >= 11 is 0. The van der Waals surface area contributed by atoms with Crippen LogP contribution < -0.4 is 11.4 Å². The van der Waals surface area contributed by atoms with Gasteiger partial charge >= 0.3 is 33.3 Å². The predicted octanol–water partition coefficient (Wildman–Crippen LogP) is 8.84. The molecular weight excluding hydrogens is 936 g/mol. The van der Waals surface area contributed by atoms with Crippen molar-refractivity contribution in [2.24, 2.45) is 5.92 Å². The number of phosphoric acid groups is 2. The largest absolute Gasteiger partial charge is 0.481 e. The number of hydrogen-bond acceptors (Lipinski definition) is 16. The molecule has 394 valence electrons. The smallest absolute Gasteiger partial charge is 0.462 e. The average molecular weight is 1020 g/mol. The zero-order valence-corrected chi connectivity index (χ0v) is 42.8. The Hall–Kier alpha value is -3.06. The van der Waals surface area contributed by atoms with Gasteiger partial charge in [0.1, 0.15) is 30.7 Å². The third-order valence-corrected chi connectivity index (χ3v) is 14.2. The molecule has 21 heteroatoms. The molecular formula is C48H81N3O16P2. The summed E-state index contributed by atoms with van der Waals surface area (Å²) in [5.74, 6) is -0.619. The van der Waals surface area contributed by atoms with Crippen molar-refractivity contribution in [1.29, 1.82) is 0 Å². The molecule has 0 saturated carbocycles. The summed E-state index contributed by atoms with van der Waals surface area (Å²) in [4.78, 5) is 61.9. The number of aliphatic hydroxyl groups excluding tert-OH is 2. The van der Waals surface area contributed by atoms with Crippen LogP contribution in [-0.4, -0.2) is 97.9 Å². The molecule has 9 atom stereocenters. The summed E-state index contributed by atoms with van der Waals surface area (Å²) < 4.78 is 62.4. The molecule has 3 heterocycles. The molecule has 0 radical (unpaired) electrons. The lowest BCUT2D eigenvalue weighted by atomic mass is 10.0. The zero-order chi connectivity index (χ0) is 50.5. The number of epoxide rings is 1. The van der Waals surface area contributed by atoms with Gasteiger partial charge in [-0.3, -0.25) is 23.2 Å². The molecule has 0 bridgehead atoms. The zero-order valence-electron chi connectivity index (χ0n) is 41.0. The van der Waals surface area contributed by atoms with Gasteiger partial charge < -0.3 is 44.7 Å². The number of carbonyl (C=O) groups excluding carboxylic acids is 2. The number of allylic oxidation sites excluding steroid dienone is 4. The van der Waals surface area contributed by atoms with Crippen molar-refractivity contribution in [3.05, 3.63) is 59.2 Å².